The van der Waals surface area contributed by atoms with Crippen LogP contribution < -0.4 is 21.1 Å². The van der Waals surface area contributed by atoms with Crippen LogP contribution in [0.5, 0.6) is 5.75 Å². The normalized spacial score (nSPS) is 18.2. The summed E-state index contributed by atoms with van der Waals surface area (Å²) in [7, 11) is 0. The van der Waals surface area contributed by atoms with Crippen molar-refractivity contribution in [2.45, 2.75) is 6.23 Å². The summed E-state index contributed by atoms with van der Waals surface area (Å²) in [6.07, 6.45) is -0.0820. The van der Waals surface area contributed by atoms with Crippen LogP contribution in [0.4, 0.5) is 0 Å². The maximum absolute atomic E-state index is 6.01. The van der Waals surface area contributed by atoms with Crippen molar-refractivity contribution in [1.82, 2.24) is 16.4 Å². The number of hydrogen-bond donors (Lipinski definition) is 3. The molecule has 0 bridgehead atoms. The van der Waals surface area contributed by atoms with Crippen molar-refractivity contribution in [2.24, 2.45) is 0 Å². The van der Waals surface area contributed by atoms with Crippen molar-refractivity contribution >= 4 is 23.2 Å². The van der Waals surface area contributed by atoms with Crippen molar-refractivity contribution in [3.8, 4) is 16.9 Å². The molecule has 0 radical (unpaired) electrons. The van der Waals surface area contributed by atoms with Gasteiger partial charge in [0.05, 0.1) is 6.54 Å². The van der Waals surface area contributed by atoms with Crippen molar-refractivity contribution in [3.05, 3.63) is 52.5 Å². The van der Waals surface area contributed by atoms with Gasteiger partial charge >= 0.3 is 0 Å². The molecule has 3 N–H and O–H groups in total. The van der Waals surface area contributed by atoms with E-state index in [4.69, 9.17) is 27.9 Å². The third kappa shape index (κ3) is 3.23. The average molecular weight is 310 g/mol. The molecule has 1 fully saturated rings. The van der Waals surface area contributed by atoms with E-state index in [1.165, 1.54) is 0 Å². The molecule has 0 saturated carbocycles. The summed E-state index contributed by atoms with van der Waals surface area (Å²) in [6, 6.07) is 13.3. The molecule has 1 aliphatic heterocycles. The molecular weight excluding hydrogens is 297 g/mol. The Bertz CT molecular complexity index is 578. The Morgan fingerprint density at radius 1 is 0.950 bits per heavy atom. The van der Waals surface area contributed by atoms with Crippen molar-refractivity contribution in [1.29, 1.82) is 0 Å². The van der Waals surface area contributed by atoms with Gasteiger partial charge in [-0.25, -0.2) is 10.9 Å². The largest absolute Gasteiger partial charge is 0.473 e. The van der Waals surface area contributed by atoms with E-state index in [-0.39, 0.29) is 6.23 Å². The second-order valence-corrected chi connectivity index (χ2v) is 5.31. The Kier molecular flexibility index (Phi) is 4.10. The fraction of sp³-hybridized carbons (Fsp3) is 0.143. The Labute approximate surface area is 127 Å². The lowest BCUT2D eigenvalue weighted by Gasteiger charge is -2.12. The first-order valence-electron chi connectivity index (χ1n) is 6.17. The molecule has 1 unspecified atom stereocenters. The number of rotatable bonds is 3. The molecular formula is C14H13Cl2N3O. The zero-order chi connectivity index (χ0) is 13.9. The molecule has 0 aromatic heterocycles. The summed E-state index contributed by atoms with van der Waals surface area (Å²) in [6.45, 7) is 0.700. The minimum absolute atomic E-state index is 0.0820. The average Bonchev–Trinajstić information content (AvgIpc) is 2.91. The summed E-state index contributed by atoms with van der Waals surface area (Å²) in [4.78, 5) is 0. The van der Waals surface area contributed by atoms with Crippen LogP contribution in [0.15, 0.2) is 42.5 Å². The third-order valence-corrected chi connectivity index (χ3v) is 3.37. The number of benzene rings is 2. The lowest BCUT2D eigenvalue weighted by molar-refractivity contribution is 0.191. The van der Waals surface area contributed by atoms with Crippen LogP contribution in [-0.2, 0) is 0 Å². The second kappa shape index (κ2) is 5.99. The van der Waals surface area contributed by atoms with Crippen molar-refractivity contribution < 1.29 is 4.74 Å². The Hall–Kier alpha value is -1.30. The summed E-state index contributed by atoms with van der Waals surface area (Å²) < 4.78 is 5.73. The predicted octanol–water partition coefficient (Wildman–Crippen LogP) is 2.98. The first-order chi connectivity index (χ1) is 9.70. The quantitative estimate of drug-likeness (QED) is 0.815. The predicted molar refractivity (Wildman–Crippen MR) is 80.6 cm³/mol. The zero-order valence-electron chi connectivity index (χ0n) is 10.5. The summed E-state index contributed by atoms with van der Waals surface area (Å²) in [5, 5.41) is 1.25. The molecule has 4 nitrogen and oxygen atoms in total. The van der Waals surface area contributed by atoms with Crippen LogP contribution in [0, 0.1) is 0 Å². The van der Waals surface area contributed by atoms with Gasteiger partial charge in [-0.15, -0.1) is 0 Å². The third-order valence-electron chi connectivity index (χ3n) is 2.94. The lowest BCUT2D eigenvalue weighted by atomic mass is 10.1. The Balaban J connectivity index is 1.78. The maximum Gasteiger partial charge on any atom is 0.177 e. The minimum atomic E-state index is -0.0820. The molecule has 2 aromatic rings. The molecule has 2 aromatic carbocycles. The van der Waals surface area contributed by atoms with Gasteiger partial charge in [-0.1, -0.05) is 35.3 Å². The lowest BCUT2D eigenvalue weighted by Crippen LogP contribution is -2.36. The van der Waals surface area contributed by atoms with Gasteiger partial charge in [-0.2, -0.15) is 5.53 Å². The molecule has 1 atom stereocenters. The fourth-order valence-electron chi connectivity index (χ4n) is 2.01. The topological polar surface area (TPSA) is 45.3 Å². The van der Waals surface area contributed by atoms with E-state index in [1.807, 2.05) is 36.4 Å². The Morgan fingerprint density at radius 3 is 2.25 bits per heavy atom. The number of hydrazine groups is 2. The highest BCUT2D eigenvalue weighted by Gasteiger charge is 2.14. The molecule has 1 saturated heterocycles. The van der Waals surface area contributed by atoms with E-state index in [1.54, 1.807) is 6.07 Å². The summed E-state index contributed by atoms with van der Waals surface area (Å²) >= 11 is 12.0. The highest BCUT2D eigenvalue weighted by Crippen LogP contribution is 2.28. The van der Waals surface area contributed by atoms with E-state index in [0.717, 1.165) is 16.9 Å². The first kappa shape index (κ1) is 13.7. The van der Waals surface area contributed by atoms with Crippen LogP contribution in [-0.4, -0.2) is 12.8 Å². The standard InChI is InChI=1S/C14H13Cl2N3O/c15-11-5-10(6-12(16)7-11)9-1-3-13(4-2-9)20-14-8-17-19-18-14/h1-7,14,17-19H,8H2. The fourth-order valence-corrected chi connectivity index (χ4v) is 2.53. The van der Waals surface area contributed by atoms with Gasteiger partial charge in [0.2, 0.25) is 0 Å². The number of nitrogens with one attached hydrogen (secondary N) is 3. The van der Waals surface area contributed by atoms with E-state index in [2.05, 4.69) is 16.4 Å². The van der Waals surface area contributed by atoms with Gasteiger partial charge in [0, 0.05) is 10.0 Å². The smallest absolute Gasteiger partial charge is 0.177 e. The monoisotopic (exact) mass is 309 g/mol. The molecule has 0 amide bonds. The van der Waals surface area contributed by atoms with Gasteiger partial charge < -0.3 is 4.74 Å². The van der Waals surface area contributed by atoms with Crippen molar-refractivity contribution in [3.63, 3.8) is 0 Å². The zero-order valence-corrected chi connectivity index (χ0v) is 12.0. The molecule has 20 heavy (non-hydrogen) atoms. The molecule has 1 aliphatic rings. The number of ether oxygens (including phenoxy) is 1. The SMILES string of the molecule is Clc1cc(Cl)cc(-c2ccc(OC3CNNN3)cc2)c1. The van der Waals surface area contributed by atoms with Gasteiger partial charge in [0.1, 0.15) is 5.75 Å². The van der Waals surface area contributed by atoms with Crippen LogP contribution >= 0.6 is 23.2 Å². The van der Waals surface area contributed by atoms with Gasteiger partial charge in [0.15, 0.2) is 6.23 Å². The Morgan fingerprint density at radius 2 is 1.65 bits per heavy atom. The molecule has 0 spiro atoms. The molecule has 1 heterocycles. The highest BCUT2D eigenvalue weighted by molar-refractivity contribution is 6.35. The molecule has 6 heteroatoms. The molecule has 104 valence electrons. The van der Waals surface area contributed by atoms with E-state index in [9.17, 15) is 0 Å². The number of hydrogen-bond acceptors (Lipinski definition) is 4. The van der Waals surface area contributed by atoms with E-state index >= 15 is 0 Å². The van der Waals surface area contributed by atoms with E-state index in [0.29, 0.717) is 16.6 Å². The van der Waals surface area contributed by atoms with Crippen LogP contribution in [0.3, 0.4) is 0 Å². The van der Waals surface area contributed by atoms with Crippen LogP contribution in [0.25, 0.3) is 11.1 Å². The summed E-state index contributed by atoms with van der Waals surface area (Å²) in [5.74, 6) is 0.796. The maximum atomic E-state index is 6.01. The van der Waals surface area contributed by atoms with E-state index < -0.39 is 0 Å². The van der Waals surface area contributed by atoms with Gasteiger partial charge in [0.25, 0.3) is 0 Å². The molecule has 3 rings (SSSR count). The van der Waals surface area contributed by atoms with Crippen molar-refractivity contribution in [2.75, 3.05) is 6.54 Å². The highest BCUT2D eigenvalue weighted by atomic mass is 35.5. The van der Waals surface area contributed by atoms with Crippen LogP contribution in [0.1, 0.15) is 0 Å². The van der Waals surface area contributed by atoms with Crippen LogP contribution in [0.2, 0.25) is 10.0 Å². The minimum Gasteiger partial charge on any atom is -0.473 e. The molecule has 0 aliphatic carbocycles. The van der Waals surface area contributed by atoms with Gasteiger partial charge in [-0.05, 0) is 41.5 Å². The number of halogens is 2. The van der Waals surface area contributed by atoms with Gasteiger partial charge in [-0.3, -0.25) is 0 Å². The second-order valence-electron chi connectivity index (χ2n) is 4.44. The summed E-state index contributed by atoms with van der Waals surface area (Å²) in [5.41, 5.74) is 10.7. The first-order valence-corrected chi connectivity index (χ1v) is 6.93.